The Morgan fingerprint density at radius 3 is 0.627 bits per heavy atom. The van der Waals surface area contributed by atoms with E-state index in [-0.39, 0.29) is 0 Å². The minimum Gasteiger partial charge on any atom is -0.488 e. The van der Waals surface area contributed by atoms with E-state index < -0.39 is 10.9 Å². The molecular weight excluding hydrogens is 837 g/mol. The summed E-state index contributed by atoms with van der Waals surface area (Å²) in [5.74, 6) is 2.41. The van der Waals surface area contributed by atoms with E-state index in [0.717, 1.165) is 98.7 Å². The molecule has 0 aliphatic rings. The minimum absolute atomic E-state index is 0.352. The second kappa shape index (κ2) is 21.3. The zero-order valence-corrected chi connectivity index (χ0v) is 38.2. The Morgan fingerprint density at radius 2 is 0.463 bits per heavy atom. The number of hydrogen-bond donors (Lipinski definition) is 0. The van der Waals surface area contributed by atoms with Crippen molar-refractivity contribution in [1.29, 1.82) is 0 Å². The van der Waals surface area contributed by atoms with Crippen molar-refractivity contribution in [3.8, 4) is 84.0 Å². The third kappa shape index (κ3) is 9.82. The first kappa shape index (κ1) is 44.2. The van der Waals surface area contributed by atoms with E-state index in [9.17, 15) is 0 Å². The van der Waals surface area contributed by atoms with Crippen molar-refractivity contribution in [2.75, 3.05) is 19.8 Å². The summed E-state index contributed by atoms with van der Waals surface area (Å²) in [6, 6.07) is 77.3. The summed E-state index contributed by atoms with van der Waals surface area (Å²) in [6.45, 7) is 13.2. The maximum atomic E-state index is 6.72. The number of benzene rings is 9. The van der Waals surface area contributed by atoms with E-state index in [4.69, 9.17) is 14.2 Å². The van der Waals surface area contributed by atoms with Gasteiger partial charge in [0.05, 0.1) is 10.9 Å². The molecule has 0 saturated heterocycles. The summed E-state index contributed by atoms with van der Waals surface area (Å²) in [6.07, 6.45) is 5.42. The molecule has 0 bridgehead atoms. The highest BCUT2D eigenvalue weighted by molar-refractivity contribution is 7.97. The van der Waals surface area contributed by atoms with Crippen molar-refractivity contribution in [2.24, 2.45) is 0 Å². The van der Waals surface area contributed by atoms with Gasteiger partial charge in [-0.3, -0.25) is 0 Å². The van der Waals surface area contributed by atoms with Gasteiger partial charge in [0.2, 0.25) is 0 Å². The van der Waals surface area contributed by atoms with Crippen molar-refractivity contribution in [3.05, 3.63) is 256 Å². The second-order valence-electron chi connectivity index (χ2n) is 15.8. The number of rotatable bonds is 18. The summed E-state index contributed by atoms with van der Waals surface area (Å²) in [5, 5.41) is 0. The van der Waals surface area contributed by atoms with Gasteiger partial charge in [-0.1, -0.05) is 220 Å². The molecular formula is C63H51O3S+. The molecule has 67 heavy (non-hydrogen) atoms. The molecule has 0 aliphatic carbocycles. The summed E-state index contributed by atoms with van der Waals surface area (Å²) in [4.78, 5) is 3.33. The molecule has 4 heteroatoms. The number of ether oxygens (including phenoxy) is 3. The van der Waals surface area contributed by atoms with Crippen molar-refractivity contribution in [2.45, 2.75) is 14.7 Å². The van der Waals surface area contributed by atoms with Gasteiger partial charge >= 0.3 is 0 Å². The van der Waals surface area contributed by atoms with E-state index in [1.807, 2.05) is 0 Å². The van der Waals surface area contributed by atoms with Crippen LogP contribution >= 0.6 is 0 Å². The van der Waals surface area contributed by atoms with Gasteiger partial charge in [-0.2, -0.15) is 0 Å². The monoisotopic (exact) mass is 887 g/mol. The van der Waals surface area contributed by atoms with Crippen molar-refractivity contribution < 1.29 is 14.2 Å². The first-order valence-corrected chi connectivity index (χ1v) is 23.7. The first-order valence-electron chi connectivity index (χ1n) is 22.5. The van der Waals surface area contributed by atoms with Gasteiger partial charge in [0.25, 0.3) is 0 Å². The van der Waals surface area contributed by atoms with E-state index in [1.54, 1.807) is 18.2 Å². The lowest BCUT2D eigenvalue weighted by molar-refractivity contribution is 0.366. The van der Waals surface area contributed by atoms with Gasteiger partial charge < -0.3 is 14.2 Å². The largest absolute Gasteiger partial charge is 0.488 e. The van der Waals surface area contributed by atoms with Crippen LogP contribution < -0.4 is 14.2 Å². The van der Waals surface area contributed by atoms with Crippen LogP contribution in [0.1, 0.15) is 0 Å². The van der Waals surface area contributed by atoms with Crippen LogP contribution in [0.3, 0.4) is 0 Å². The van der Waals surface area contributed by atoms with Crippen molar-refractivity contribution in [3.63, 3.8) is 0 Å². The normalized spacial score (nSPS) is 10.9. The molecule has 0 N–H and O–H groups in total. The van der Waals surface area contributed by atoms with Gasteiger partial charge in [-0.25, -0.2) is 0 Å². The Morgan fingerprint density at radius 1 is 0.284 bits per heavy atom. The quantitative estimate of drug-likeness (QED) is 0.0635. The highest BCUT2D eigenvalue weighted by atomic mass is 32.2. The van der Waals surface area contributed by atoms with Crippen LogP contribution in [0, 0.1) is 0 Å². The molecule has 0 aliphatic heterocycles. The lowest BCUT2D eigenvalue weighted by atomic mass is 9.97. The molecule has 0 aromatic heterocycles. The lowest BCUT2D eigenvalue weighted by Crippen LogP contribution is -2.10. The van der Waals surface area contributed by atoms with Crippen molar-refractivity contribution >= 4 is 10.9 Å². The Kier molecular flexibility index (Phi) is 14.0. The molecule has 326 valence electrons. The van der Waals surface area contributed by atoms with Crippen LogP contribution in [0.2, 0.25) is 0 Å². The van der Waals surface area contributed by atoms with Gasteiger partial charge in [0, 0.05) is 69.8 Å². The maximum absolute atomic E-state index is 6.72. The summed E-state index contributed by atoms with van der Waals surface area (Å²) in [5.41, 5.74) is 12.3. The van der Waals surface area contributed by atoms with Gasteiger partial charge in [0.15, 0.2) is 14.7 Å². The van der Waals surface area contributed by atoms with Crippen LogP contribution in [-0.4, -0.2) is 19.8 Å². The predicted molar refractivity (Wildman–Crippen MR) is 281 cm³/mol. The molecule has 0 atom stereocenters. The average Bonchev–Trinajstić information content (AvgIpc) is 3.40. The molecule has 0 saturated carbocycles. The smallest absolute Gasteiger partial charge is 0.168 e. The van der Waals surface area contributed by atoms with Crippen LogP contribution in [0.15, 0.2) is 271 Å². The van der Waals surface area contributed by atoms with Gasteiger partial charge in [-0.05, 0) is 33.4 Å². The Bertz CT molecular complexity index is 2580. The molecule has 0 heterocycles. The topological polar surface area (TPSA) is 27.7 Å². The standard InChI is InChI=1S/C63H51O3S/c1-4-37-64-61-55(46-25-13-7-14-26-46)40-52(41-56(61)47-27-15-8-16-28-47)67(53-42-57(48-29-17-9-18-30-48)62(65-38-5-2)58(43-53)49-31-19-10-20-32-49)54-44-59(50-33-21-11-22-34-50)63(66-39-6-3)60(45-54)51-35-23-12-24-36-51/h4-36,40-45H,1-3,37-39H2/q+1. The Labute approximate surface area is 398 Å². The third-order valence-electron chi connectivity index (χ3n) is 11.4. The van der Waals surface area contributed by atoms with Crippen LogP contribution in [0.25, 0.3) is 66.8 Å². The molecule has 0 spiro atoms. The fourth-order valence-electron chi connectivity index (χ4n) is 8.46. The molecule has 0 amide bonds. The molecule has 9 aromatic rings. The minimum atomic E-state index is -0.788. The highest BCUT2D eigenvalue weighted by Crippen LogP contribution is 2.50. The summed E-state index contributed by atoms with van der Waals surface area (Å²) >= 11 is 0. The summed E-state index contributed by atoms with van der Waals surface area (Å²) < 4.78 is 20.2. The van der Waals surface area contributed by atoms with Gasteiger partial charge in [0.1, 0.15) is 37.1 Å². The fourth-order valence-corrected chi connectivity index (χ4v) is 10.7. The molecule has 9 rings (SSSR count). The molecule has 0 fully saturated rings. The van der Waals surface area contributed by atoms with Crippen LogP contribution in [-0.2, 0) is 10.9 Å². The lowest BCUT2D eigenvalue weighted by Gasteiger charge is -2.22. The SMILES string of the molecule is C=CCOc1c(-c2ccccc2)cc([S+](c2cc(-c3ccccc3)c(OCC=C)c(-c3ccccc3)c2)c2cc(-c3ccccc3)c(OCC=C)c(-c3ccccc3)c2)cc1-c1ccccc1. The Balaban J connectivity index is 1.45. The first-order chi connectivity index (χ1) is 33.1. The maximum Gasteiger partial charge on any atom is 0.168 e. The van der Waals surface area contributed by atoms with E-state index >= 15 is 0 Å². The molecule has 3 nitrogen and oxygen atoms in total. The second-order valence-corrected chi connectivity index (χ2v) is 17.9. The van der Waals surface area contributed by atoms with E-state index in [2.05, 4.69) is 238 Å². The molecule has 9 aromatic carbocycles. The van der Waals surface area contributed by atoms with Crippen molar-refractivity contribution in [1.82, 2.24) is 0 Å². The third-order valence-corrected chi connectivity index (χ3v) is 13.6. The van der Waals surface area contributed by atoms with E-state index in [0.29, 0.717) is 19.8 Å². The fraction of sp³-hybridized carbons (Fsp3) is 0.0476. The zero-order valence-electron chi connectivity index (χ0n) is 37.4. The highest BCUT2D eigenvalue weighted by Gasteiger charge is 2.36. The Hall–Kier alpha value is -8.05. The zero-order chi connectivity index (χ0) is 45.8. The summed E-state index contributed by atoms with van der Waals surface area (Å²) in [7, 11) is -0.788. The number of hydrogen-bond acceptors (Lipinski definition) is 3. The molecule has 0 radical (unpaired) electrons. The average molecular weight is 888 g/mol. The van der Waals surface area contributed by atoms with Gasteiger partial charge in [-0.15, -0.1) is 0 Å². The van der Waals surface area contributed by atoms with E-state index in [1.165, 1.54) is 0 Å². The predicted octanol–water partition coefficient (Wildman–Crippen LogP) is 16.5. The van der Waals surface area contributed by atoms with Crippen LogP contribution in [0.5, 0.6) is 17.2 Å². The van der Waals surface area contributed by atoms with Crippen LogP contribution in [0.4, 0.5) is 0 Å². The molecule has 0 unspecified atom stereocenters.